The van der Waals surface area contributed by atoms with Crippen molar-refractivity contribution in [1.82, 2.24) is 14.9 Å². The van der Waals surface area contributed by atoms with Crippen molar-refractivity contribution in [2.24, 2.45) is 4.99 Å². The fourth-order valence-electron chi connectivity index (χ4n) is 2.67. The van der Waals surface area contributed by atoms with Gasteiger partial charge in [-0.15, -0.1) is 0 Å². The van der Waals surface area contributed by atoms with Gasteiger partial charge in [-0.2, -0.15) is 0 Å². The summed E-state index contributed by atoms with van der Waals surface area (Å²) >= 11 is 0. The zero-order valence-corrected chi connectivity index (χ0v) is 18.2. The maximum absolute atomic E-state index is 12.5. The molecule has 0 saturated carbocycles. The lowest BCUT2D eigenvalue weighted by Gasteiger charge is -2.17. The summed E-state index contributed by atoms with van der Waals surface area (Å²) in [5.41, 5.74) is 1.60. The molecule has 2 aromatic carbocycles. The molecule has 0 radical (unpaired) electrons. The molecule has 2 rings (SSSR count). The van der Waals surface area contributed by atoms with Gasteiger partial charge in [0.25, 0.3) is 0 Å². The van der Waals surface area contributed by atoms with Gasteiger partial charge in [0, 0.05) is 45.9 Å². The van der Waals surface area contributed by atoms with Crippen molar-refractivity contribution in [2.75, 3.05) is 35.4 Å². The van der Waals surface area contributed by atoms with E-state index in [0.717, 1.165) is 5.56 Å². The fraction of sp³-hybridized carbons (Fsp3) is 0.350. The number of hydrogen-bond donors (Lipinski definition) is 2. The molecule has 0 aliphatic rings. The molecule has 2 N–H and O–H groups in total. The molecule has 0 saturated heterocycles. The molecule has 0 bridgehead atoms. The van der Waals surface area contributed by atoms with Crippen LogP contribution in [0.25, 0.3) is 0 Å². The van der Waals surface area contributed by atoms with Gasteiger partial charge < -0.3 is 20.1 Å². The van der Waals surface area contributed by atoms with E-state index in [1.165, 1.54) is 18.4 Å². The monoisotopic (exact) mass is 420 g/mol. The molecule has 158 valence electrons. The summed E-state index contributed by atoms with van der Waals surface area (Å²) < 4.78 is 36.9. The first kappa shape index (κ1) is 22.5. The van der Waals surface area contributed by atoms with Crippen LogP contribution in [0.1, 0.15) is 11.1 Å². The van der Waals surface area contributed by atoms with Gasteiger partial charge in [0.05, 0.1) is 19.1 Å². The van der Waals surface area contributed by atoms with Crippen molar-refractivity contribution in [3.63, 3.8) is 0 Å². The number of hydrogen-bond acceptors (Lipinski definition) is 5. The predicted molar refractivity (Wildman–Crippen MR) is 114 cm³/mol. The van der Waals surface area contributed by atoms with Crippen molar-refractivity contribution in [1.29, 1.82) is 0 Å². The van der Waals surface area contributed by atoms with Gasteiger partial charge in [0.1, 0.15) is 11.5 Å². The Bertz CT molecular complexity index is 959. The van der Waals surface area contributed by atoms with Crippen LogP contribution in [0.3, 0.4) is 0 Å². The Morgan fingerprint density at radius 1 is 1.00 bits per heavy atom. The van der Waals surface area contributed by atoms with Gasteiger partial charge in [-0.3, -0.25) is 4.99 Å². The zero-order valence-electron chi connectivity index (χ0n) is 17.4. The molecule has 0 amide bonds. The maximum Gasteiger partial charge on any atom is 0.242 e. The number of methoxy groups -OCH3 is 2. The standard InChI is InChI=1S/C20H28N4O4S/c1-21-20(22-13-15-10-11-17(27-4)12-18(15)28-5)23-14-16-8-6-7-9-19(16)29(25,26)24(2)3/h6-12H,13-14H2,1-5H3,(H2,21,22,23). The third-order valence-corrected chi connectivity index (χ3v) is 6.26. The van der Waals surface area contributed by atoms with Crippen LogP contribution in [0, 0.1) is 0 Å². The molecule has 0 aliphatic heterocycles. The molecule has 9 heteroatoms. The number of guanidine groups is 1. The number of sulfonamides is 1. The van der Waals surface area contributed by atoms with Gasteiger partial charge in [-0.25, -0.2) is 12.7 Å². The molecule has 0 spiro atoms. The van der Waals surface area contributed by atoms with E-state index in [0.29, 0.717) is 36.1 Å². The molecule has 0 unspecified atom stereocenters. The lowest BCUT2D eigenvalue weighted by atomic mass is 10.2. The van der Waals surface area contributed by atoms with Crippen LogP contribution in [0.5, 0.6) is 11.5 Å². The summed E-state index contributed by atoms with van der Waals surface area (Å²) in [4.78, 5) is 4.47. The Morgan fingerprint density at radius 3 is 2.24 bits per heavy atom. The minimum atomic E-state index is -3.53. The highest BCUT2D eigenvalue weighted by molar-refractivity contribution is 7.89. The van der Waals surface area contributed by atoms with E-state index in [4.69, 9.17) is 9.47 Å². The average molecular weight is 421 g/mol. The molecule has 2 aromatic rings. The Hall–Kier alpha value is -2.78. The maximum atomic E-state index is 12.5. The molecular formula is C20H28N4O4S. The SMILES string of the molecule is CN=C(NCc1ccc(OC)cc1OC)NCc1ccccc1S(=O)(=O)N(C)C. The Balaban J connectivity index is 2.08. The smallest absolute Gasteiger partial charge is 0.242 e. The van der Waals surface area contributed by atoms with Crippen molar-refractivity contribution in [3.8, 4) is 11.5 Å². The van der Waals surface area contributed by atoms with Gasteiger partial charge in [0.2, 0.25) is 10.0 Å². The quantitative estimate of drug-likeness (QED) is 0.500. The van der Waals surface area contributed by atoms with E-state index in [1.807, 2.05) is 24.3 Å². The highest BCUT2D eigenvalue weighted by Gasteiger charge is 2.20. The van der Waals surface area contributed by atoms with Crippen LogP contribution >= 0.6 is 0 Å². The van der Waals surface area contributed by atoms with Crippen molar-refractivity contribution >= 4 is 16.0 Å². The first-order chi connectivity index (χ1) is 13.8. The molecule has 29 heavy (non-hydrogen) atoms. The minimum absolute atomic E-state index is 0.268. The van der Waals surface area contributed by atoms with Crippen LogP contribution in [0.2, 0.25) is 0 Å². The summed E-state index contributed by atoms with van der Waals surface area (Å²) in [6.45, 7) is 0.785. The summed E-state index contributed by atoms with van der Waals surface area (Å²) in [6.07, 6.45) is 0. The Morgan fingerprint density at radius 2 is 1.66 bits per heavy atom. The molecule has 0 fully saturated rings. The highest BCUT2D eigenvalue weighted by atomic mass is 32.2. The third kappa shape index (κ3) is 5.61. The number of nitrogens with zero attached hydrogens (tertiary/aromatic N) is 2. The van der Waals surface area contributed by atoms with E-state index < -0.39 is 10.0 Å². The van der Waals surface area contributed by atoms with Crippen LogP contribution in [0.4, 0.5) is 0 Å². The second-order valence-corrected chi connectivity index (χ2v) is 8.47. The lowest BCUT2D eigenvalue weighted by Crippen LogP contribution is -2.37. The molecule has 0 aliphatic carbocycles. The highest BCUT2D eigenvalue weighted by Crippen LogP contribution is 2.24. The van der Waals surface area contributed by atoms with Gasteiger partial charge >= 0.3 is 0 Å². The van der Waals surface area contributed by atoms with Gasteiger partial charge in [-0.1, -0.05) is 18.2 Å². The number of ether oxygens (including phenoxy) is 2. The summed E-state index contributed by atoms with van der Waals surface area (Å²) in [5, 5.41) is 6.37. The average Bonchev–Trinajstić information content (AvgIpc) is 2.73. The van der Waals surface area contributed by atoms with E-state index in [9.17, 15) is 8.42 Å². The molecule has 0 atom stereocenters. The molecule has 0 heterocycles. The van der Waals surface area contributed by atoms with Crippen molar-refractivity contribution in [2.45, 2.75) is 18.0 Å². The molecule has 0 aromatic heterocycles. The number of benzene rings is 2. The first-order valence-corrected chi connectivity index (χ1v) is 10.4. The summed E-state index contributed by atoms with van der Waals surface area (Å²) in [5.74, 6) is 1.96. The van der Waals surface area contributed by atoms with Gasteiger partial charge in [-0.05, 0) is 23.8 Å². The van der Waals surface area contributed by atoms with E-state index in [2.05, 4.69) is 15.6 Å². The fourth-order valence-corrected chi connectivity index (χ4v) is 3.79. The van der Waals surface area contributed by atoms with Crippen LogP contribution in [-0.4, -0.2) is 54.0 Å². The number of aliphatic imine (C=N–C) groups is 1. The Labute approximate surface area is 172 Å². The van der Waals surface area contributed by atoms with Crippen LogP contribution < -0.4 is 20.1 Å². The van der Waals surface area contributed by atoms with Gasteiger partial charge in [0.15, 0.2) is 5.96 Å². The number of nitrogens with one attached hydrogen (secondary N) is 2. The van der Waals surface area contributed by atoms with E-state index >= 15 is 0 Å². The molecule has 8 nitrogen and oxygen atoms in total. The lowest BCUT2D eigenvalue weighted by molar-refractivity contribution is 0.390. The molecular weight excluding hydrogens is 392 g/mol. The second kappa shape index (κ2) is 10.1. The second-order valence-electron chi connectivity index (χ2n) is 6.35. The third-order valence-electron chi connectivity index (χ3n) is 4.34. The van der Waals surface area contributed by atoms with E-state index in [1.54, 1.807) is 39.5 Å². The Kier molecular flexibility index (Phi) is 7.86. The topological polar surface area (TPSA) is 92.3 Å². The van der Waals surface area contributed by atoms with Crippen LogP contribution in [-0.2, 0) is 23.1 Å². The zero-order chi connectivity index (χ0) is 21.4. The summed E-state index contributed by atoms with van der Waals surface area (Å²) in [6, 6.07) is 12.5. The van der Waals surface area contributed by atoms with Crippen molar-refractivity contribution in [3.05, 3.63) is 53.6 Å². The largest absolute Gasteiger partial charge is 0.497 e. The normalized spacial score (nSPS) is 12.0. The summed E-state index contributed by atoms with van der Waals surface area (Å²) in [7, 11) is 4.37. The van der Waals surface area contributed by atoms with Crippen molar-refractivity contribution < 1.29 is 17.9 Å². The minimum Gasteiger partial charge on any atom is -0.497 e. The predicted octanol–water partition coefficient (Wildman–Crippen LogP) is 1.82. The number of rotatable bonds is 8. The van der Waals surface area contributed by atoms with E-state index in [-0.39, 0.29) is 4.90 Å². The van der Waals surface area contributed by atoms with Crippen LogP contribution in [0.15, 0.2) is 52.4 Å². The first-order valence-electron chi connectivity index (χ1n) is 8.99.